The molecule has 4 nitrogen and oxygen atoms in total. The second-order valence-corrected chi connectivity index (χ2v) is 8.45. The molecule has 1 aromatic heterocycles. The highest BCUT2D eigenvalue weighted by Gasteiger charge is 2.42. The van der Waals surface area contributed by atoms with E-state index in [4.69, 9.17) is 0 Å². The molecular weight excluding hydrogens is 380 g/mol. The minimum atomic E-state index is -0.426. The quantitative estimate of drug-likeness (QED) is 0.688. The van der Waals surface area contributed by atoms with Crippen LogP contribution in [0.3, 0.4) is 0 Å². The van der Waals surface area contributed by atoms with E-state index in [1.807, 2.05) is 47.8 Å². The van der Waals surface area contributed by atoms with Crippen molar-refractivity contribution in [3.63, 3.8) is 0 Å². The normalized spacial score (nSPS) is 18.4. The van der Waals surface area contributed by atoms with Gasteiger partial charge in [0.25, 0.3) is 5.91 Å². The molecule has 2 atom stereocenters. The summed E-state index contributed by atoms with van der Waals surface area (Å²) in [6.07, 6.45) is 0.778. The molecule has 1 aliphatic rings. The number of rotatable bonds is 5. The number of carbonyl (C=O) groups is 2. The van der Waals surface area contributed by atoms with Crippen LogP contribution in [0.5, 0.6) is 0 Å². The van der Waals surface area contributed by atoms with Crippen LogP contribution in [0.1, 0.15) is 43.9 Å². The fraction of sp³-hybridized carbons (Fsp3) is 0.250. The maximum absolute atomic E-state index is 13.3. The van der Waals surface area contributed by atoms with Gasteiger partial charge in [0.15, 0.2) is 0 Å². The van der Waals surface area contributed by atoms with Crippen LogP contribution in [0.2, 0.25) is 0 Å². The van der Waals surface area contributed by atoms with E-state index in [0.717, 1.165) is 16.9 Å². The molecule has 148 valence electrons. The number of benzene rings is 2. The van der Waals surface area contributed by atoms with E-state index >= 15 is 0 Å². The van der Waals surface area contributed by atoms with E-state index in [1.165, 1.54) is 11.1 Å². The highest BCUT2D eigenvalue weighted by atomic mass is 32.1. The highest BCUT2D eigenvalue weighted by Crippen LogP contribution is 2.43. The monoisotopic (exact) mass is 404 g/mol. The summed E-state index contributed by atoms with van der Waals surface area (Å²) in [5.74, 6) is -0.504. The van der Waals surface area contributed by atoms with Crippen molar-refractivity contribution in [3.8, 4) is 0 Å². The summed E-state index contributed by atoms with van der Waals surface area (Å²) in [6, 6.07) is 19.5. The number of likely N-dealkylation sites (N-methyl/N-ethyl adjacent to an activating group) is 1. The Kier molecular flexibility index (Phi) is 5.49. The van der Waals surface area contributed by atoms with Crippen molar-refractivity contribution < 1.29 is 9.59 Å². The average Bonchev–Trinajstić information content (AvgIpc) is 3.25. The van der Waals surface area contributed by atoms with Crippen molar-refractivity contribution in [3.05, 3.63) is 93.2 Å². The van der Waals surface area contributed by atoms with E-state index in [9.17, 15) is 9.59 Å². The molecule has 0 spiro atoms. The lowest BCUT2D eigenvalue weighted by Gasteiger charge is -2.39. The van der Waals surface area contributed by atoms with Gasteiger partial charge in [-0.1, -0.05) is 54.1 Å². The van der Waals surface area contributed by atoms with Crippen molar-refractivity contribution in [2.45, 2.75) is 25.3 Å². The molecule has 2 heterocycles. The number of fused-ring (bicyclic) bond motifs is 1. The van der Waals surface area contributed by atoms with Gasteiger partial charge in [0, 0.05) is 24.0 Å². The third-order valence-corrected chi connectivity index (χ3v) is 6.44. The first-order valence-electron chi connectivity index (χ1n) is 9.79. The van der Waals surface area contributed by atoms with Gasteiger partial charge >= 0.3 is 0 Å². The molecule has 3 aromatic rings. The van der Waals surface area contributed by atoms with Crippen LogP contribution < -0.4 is 5.32 Å². The van der Waals surface area contributed by atoms with Gasteiger partial charge in [-0.2, -0.15) is 0 Å². The van der Waals surface area contributed by atoms with Crippen molar-refractivity contribution in [1.82, 2.24) is 10.2 Å². The van der Waals surface area contributed by atoms with Crippen LogP contribution in [-0.2, 0) is 11.2 Å². The van der Waals surface area contributed by atoms with Crippen LogP contribution in [0.15, 0.2) is 66.0 Å². The summed E-state index contributed by atoms with van der Waals surface area (Å²) in [5, 5.41) is 5.10. The predicted molar refractivity (Wildman–Crippen MR) is 116 cm³/mol. The van der Waals surface area contributed by atoms with Gasteiger partial charge in [-0.3, -0.25) is 9.59 Å². The maximum atomic E-state index is 13.3. The van der Waals surface area contributed by atoms with Gasteiger partial charge in [0.05, 0.1) is 12.0 Å². The molecule has 0 fully saturated rings. The second kappa shape index (κ2) is 8.21. The molecule has 1 aliphatic heterocycles. The average molecular weight is 405 g/mol. The molecule has 4 rings (SSSR count). The SMILES string of the molecule is Cc1cccc(CCNC(=O)C2c3ccccc3C(=O)N(C)C2c2cccs2)c1. The van der Waals surface area contributed by atoms with Gasteiger partial charge in [0.1, 0.15) is 0 Å². The minimum absolute atomic E-state index is 0.0390. The molecule has 0 saturated heterocycles. The topological polar surface area (TPSA) is 49.4 Å². The highest BCUT2D eigenvalue weighted by molar-refractivity contribution is 7.10. The van der Waals surface area contributed by atoms with Crippen LogP contribution in [0, 0.1) is 6.92 Å². The van der Waals surface area contributed by atoms with Crippen molar-refractivity contribution in [2.24, 2.45) is 0 Å². The maximum Gasteiger partial charge on any atom is 0.254 e. The summed E-state index contributed by atoms with van der Waals surface area (Å²) in [5.41, 5.74) is 3.84. The van der Waals surface area contributed by atoms with Gasteiger partial charge in [0.2, 0.25) is 5.91 Å². The van der Waals surface area contributed by atoms with E-state index in [0.29, 0.717) is 12.1 Å². The standard InChI is InChI=1S/C24H24N2O2S/c1-16-7-5-8-17(15-16)12-13-25-23(27)21-18-9-3-4-10-19(18)24(28)26(2)22(21)20-11-6-14-29-20/h3-11,14-15,21-22H,12-13H2,1-2H3,(H,25,27). The lowest BCUT2D eigenvalue weighted by atomic mass is 9.81. The molecule has 0 saturated carbocycles. The first-order valence-corrected chi connectivity index (χ1v) is 10.7. The van der Waals surface area contributed by atoms with Crippen LogP contribution in [0.4, 0.5) is 0 Å². The third kappa shape index (κ3) is 3.83. The van der Waals surface area contributed by atoms with Crippen LogP contribution in [-0.4, -0.2) is 30.3 Å². The number of hydrogen-bond donors (Lipinski definition) is 1. The summed E-state index contributed by atoms with van der Waals surface area (Å²) < 4.78 is 0. The Bertz CT molecular complexity index is 1030. The molecule has 29 heavy (non-hydrogen) atoms. The zero-order chi connectivity index (χ0) is 20.4. The molecule has 5 heteroatoms. The predicted octanol–water partition coefficient (Wildman–Crippen LogP) is 4.33. The van der Waals surface area contributed by atoms with Crippen LogP contribution >= 0.6 is 11.3 Å². The summed E-state index contributed by atoms with van der Waals surface area (Å²) >= 11 is 1.58. The Morgan fingerprint density at radius 2 is 1.93 bits per heavy atom. The Morgan fingerprint density at radius 3 is 2.69 bits per heavy atom. The Morgan fingerprint density at radius 1 is 1.10 bits per heavy atom. The van der Waals surface area contributed by atoms with Crippen molar-refractivity contribution in [2.75, 3.05) is 13.6 Å². The van der Waals surface area contributed by atoms with E-state index < -0.39 is 5.92 Å². The first-order chi connectivity index (χ1) is 14.1. The number of carbonyl (C=O) groups excluding carboxylic acids is 2. The number of hydrogen-bond acceptors (Lipinski definition) is 3. The molecule has 0 radical (unpaired) electrons. The fourth-order valence-electron chi connectivity index (χ4n) is 4.08. The van der Waals surface area contributed by atoms with Crippen molar-refractivity contribution in [1.29, 1.82) is 0 Å². The van der Waals surface area contributed by atoms with Gasteiger partial charge in [-0.15, -0.1) is 11.3 Å². The summed E-state index contributed by atoms with van der Waals surface area (Å²) in [4.78, 5) is 29.0. The smallest absolute Gasteiger partial charge is 0.254 e. The Balaban J connectivity index is 1.60. The zero-order valence-electron chi connectivity index (χ0n) is 16.6. The second-order valence-electron chi connectivity index (χ2n) is 7.47. The van der Waals surface area contributed by atoms with E-state index in [2.05, 4.69) is 30.4 Å². The summed E-state index contributed by atoms with van der Waals surface area (Å²) in [7, 11) is 1.79. The number of amides is 2. The molecule has 0 bridgehead atoms. The minimum Gasteiger partial charge on any atom is -0.355 e. The van der Waals surface area contributed by atoms with Gasteiger partial charge in [-0.05, 0) is 42.0 Å². The fourth-order valence-corrected chi connectivity index (χ4v) is 4.98. The molecule has 2 amide bonds. The largest absolute Gasteiger partial charge is 0.355 e. The first kappa shape index (κ1) is 19.4. The Hall–Kier alpha value is -2.92. The van der Waals surface area contributed by atoms with Gasteiger partial charge in [-0.25, -0.2) is 0 Å². The van der Waals surface area contributed by atoms with Crippen molar-refractivity contribution >= 4 is 23.2 Å². The summed E-state index contributed by atoms with van der Waals surface area (Å²) in [6.45, 7) is 2.63. The molecule has 2 aromatic carbocycles. The molecular formula is C24H24N2O2S. The number of nitrogens with zero attached hydrogens (tertiary/aromatic N) is 1. The number of thiophene rings is 1. The van der Waals surface area contributed by atoms with Crippen LogP contribution in [0.25, 0.3) is 0 Å². The van der Waals surface area contributed by atoms with E-state index in [-0.39, 0.29) is 17.9 Å². The van der Waals surface area contributed by atoms with E-state index in [1.54, 1.807) is 23.3 Å². The Labute approximate surface area is 175 Å². The lowest BCUT2D eigenvalue weighted by molar-refractivity contribution is -0.124. The molecule has 1 N–H and O–H groups in total. The van der Waals surface area contributed by atoms with Gasteiger partial charge < -0.3 is 10.2 Å². The lowest BCUT2D eigenvalue weighted by Crippen LogP contribution is -2.45. The number of nitrogens with one attached hydrogen (secondary N) is 1. The number of aryl methyl sites for hydroxylation is 1. The zero-order valence-corrected chi connectivity index (χ0v) is 17.4. The molecule has 0 aliphatic carbocycles. The third-order valence-electron chi connectivity index (χ3n) is 5.49. The molecule has 2 unspecified atom stereocenters.